The molecular formula is C22H32N4O4. The number of nitrogens with two attached hydrogens (primary N) is 1. The highest BCUT2D eigenvalue weighted by atomic mass is 16.4. The summed E-state index contributed by atoms with van der Waals surface area (Å²) in [7, 11) is 0. The van der Waals surface area contributed by atoms with Crippen molar-refractivity contribution in [1.82, 2.24) is 15.6 Å². The number of aromatic amines is 1. The number of nitrogens with one attached hydrogen (secondary N) is 3. The SMILES string of the molecule is CC[C@H](C)[C@H](N)C(=O)N[C@H](C(=O)N[C@@H](Cc1c[nH]c2ccccc12)C(=O)O)C(C)C. The lowest BCUT2D eigenvalue weighted by Crippen LogP contribution is -2.57. The monoisotopic (exact) mass is 416 g/mol. The molecule has 0 radical (unpaired) electrons. The molecule has 30 heavy (non-hydrogen) atoms. The van der Waals surface area contributed by atoms with Crippen LogP contribution in [0.1, 0.15) is 39.7 Å². The molecule has 1 heterocycles. The summed E-state index contributed by atoms with van der Waals surface area (Å²) >= 11 is 0. The number of carbonyl (C=O) groups is 3. The summed E-state index contributed by atoms with van der Waals surface area (Å²) in [5.41, 5.74) is 7.66. The maximum Gasteiger partial charge on any atom is 0.326 e. The molecule has 0 unspecified atom stereocenters. The van der Waals surface area contributed by atoms with Crippen molar-refractivity contribution in [2.45, 2.75) is 58.7 Å². The van der Waals surface area contributed by atoms with Gasteiger partial charge in [0, 0.05) is 23.5 Å². The van der Waals surface area contributed by atoms with E-state index in [0.717, 1.165) is 22.9 Å². The van der Waals surface area contributed by atoms with E-state index in [0.29, 0.717) is 0 Å². The average molecular weight is 417 g/mol. The molecule has 2 aromatic rings. The molecule has 8 heteroatoms. The Morgan fingerprint density at radius 2 is 1.77 bits per heavy atom. The summed E-state index contributed by atoms with van der Waals surface area (Å²) in [4.78, 5) is 40.2. The van der Waals surface area contributed by atoms with Crippen molar-refractivity contribution < 1.29 is 19.5 Å². The van der Waals surface area contributed by atoms with Gasteiger partial charge in [-0.3, -0.25) is 9.59 Å². The zero-order valence-corrected chi connectivity index (χ0v) is 17.9. The summed E-state index contributed by atoms with van der Waals surface area (Å²) in [6.07, 6.45) is 2.61. The van der Waals surface area contributed by atoms with Crippen molar-refractivity contribution in [2.75, 3.05) is 0 Å². The van der Waals surface area contributed by atoms with Crippen LogP contribution in [0.3, 0.4) is 0 Å². The van der Waals surface area contributed by atoms with Crippen LogP contribution >= 0.6 is 0 Å². The number of hydrogen-bond acceptors (Lipinski definition) is 4. The molecule has 2 amide bonds. The third-order valence-electron chi connectivity index (χ3n) is 5.52. The molecule has 1 aromatic heterocycles. The van der Waals surface area contributed by atoms with Crippen LogP contribution in [0, 0.1) is 11.8 Å². The van der Waals surface area contributed by atoms with Crippen molar-refractivity contribution in [2.24, 2.45) is 17.6 Å². The van der Waals surface area contributed by atoms with Gasteiger partial charge < -0.3 is 26.5 Å². The largest absolute Gasteiger partial charge is 0.480 e. The first kappa shape index (κ1) is 23.4. The lowest BCUT2D eigenvalue weighted by atomic mass is 9.97. The van der Waals surface area contributed by atoms with E-state index in [4.69, 9.17) is 5.73 Å². The van der Waals surface area contributed by atoms with Crippen LogP contribution in [0.4, 0.5) is 0 Å². The minimum absolute atomic E-state index is 0.0329. The Balaban J connectivity index is 2.13. The Morgan fingerprint density at radius 1 is 1.10 bits per heavy atom. The lowest BCUT2D eigenvalue weighted by molar-refractivity contribution is -0.142. The van der Waals surface area contributed by atoms with Gasteiger partial charge in [0.2, 0.25) is 11.8 Å². The number of H-pyrrole nitrogens is 1. The number of fused-ring (bicyclic) bond motifs is 1. The second-order valence-corrected chi connectivity index (χ2v) is 8.10. The fourth-order valence-corrected chi connectivity index (χ4v) is 3.28. The Kier molecular flexibility index (Phi) is 8.00. The van der Waals surface area contributed by atoms with Gasteiger partial charge in [-0.05, 0) is 23.5 Å². The van der Waals surface area contributed by atoms with Gasteiger partial charge in [0.1, 0.15) is 12.1 Å². The van der Waals surface area contributed by atoms with Crippen molar-refractivity contribution in [1.29, 1.82) is 0 Å². The van der Waals surface area contributed by atoms with Crippen LogP contribution in [0.2, 0.25) is 0 Å². The summed E-state index contributed by atoms with van der Waals surface area (Å²) in [5.74, 6) is -2.36. The van der Waals surface area contributed by atoms with Crippen LogP contribution in [-0.4, -0.2) is 46.0 Å². The normalized spacial score (nSPS) is 15.4. The van der Waals surface area contributed by atoms with Gasteiger partial charge >= 0.3 is 5.97 Å². The van der Waals surface area contributed by atoms with Crippen LogP contribution in [-0.2, 0) is 20.8 Å². The van der Waals surface area contributed by atoms with Gasteiger partial charge in [-0.25, -0.2) is 4.79 Å². The maximum atomic E-state index is 12.9. The predicted molar refractivity (Wildman–Crippen MR) is 116 cm³/mol. The standard InChI is InChI=1S/C22H32N4O4/c1-5-13(4)18(23)20(27)26-19(12(2)3)21(28)25-17(22(29)30)10-14-11-24-16-9-7-6-8-15(14)16/h6-9,11-13,17-19,24H,5,10,23H2,1-4H3,(H,25,28)(H,26,27)(H,29,30)/t13-,17-,18-,19-/m0/s1. The van der Waals surface area contributed by atoms with E-state index in [-0.39, 0.29) is 18.3 Å². The molecule has 0 aliphatic rings. The molecule has 0 saturated carbocycles. The third-order valence-corrected chi connectivity index (χ3v) is 5.52. The number of amides is 2. The summed E-state index contributed by atoms with van der Waals surface area (Å²) < 4.78 is 0. The van der Waals surface area contributed by atoms with E-state index in [1.165, 1.54) is 0 Å². The Morgan fingerprint density at radius 3 is 2.37 bits per heavy atom. The van der Waals surface area contributed by atoms with Crippen molar-refractivity contribution in [3.8, 4) is 0 Å². The number of carboxylic acid groups (broad SMARTS) is 1. The molecule has 6 N–H and O–H groups in total. The fourth-order valence-electron chi connectivity index (χ4n) is 3.28. The highest BCUT2D eigenvalue weighted by Gasteiger charge is 2.31. The van der Waals surface area contributed by atoms with Gasteiger partial charge in [-0.2, -0.15) is 0 Å². The van der Waals surface area contributed by atoms with Crippen molar-refractivity contribution >= 4 is 28.7 Å². The van der Waals surface area contributed by atoms with Gasteiger partial charge in [-0.1, -0.05) is 52.3 Å². The van der Waals surface area contributed by atoms with Gasteiger partial charge in [0.15, 0.2) is 0 Å². The Hall–Kier alpha value is -2.87. The minimum atomic E-state index is -1.14. The molecule has 0 aliphatic heterocycles. The number of rotatable bonds is 10. The van der Waals surface area contributed by atoms with Crippen molar-refractivity contribution in [3.63, 3.8) is 0 Å². The van der Waals surface area contributed by atoms with Crippen LogP contribution in [0.5, 0.6) is 0 Å². The number of aliphatic carboxylic acids is 1. The second-order valence-electron chi connectivity index (χ2n) is 8.10. The highest BCUT2D eigenvalue weighted by molar-refractivity contribution is 5.92. The molecule has 4 atom stereocenters. The topological polar surface area (TPSA) is 137 Å². The summed E-state index contributed by atoms with van der Waals surface area (Å²) in [6.45, 7) is 7.38. The zero-order valence-electron chi connectivity index (χ0n) is 17.9. The number of carbonyl (C=O) groups excluding carboxylic acids is 2. The van der Waals surface area contributed by atoms with E-state index in [1.54, 1.807) is 20.0 Å². The van der Waals surface area contributed by atoms with E-state index >= 15 is 0 Å². The second kappa shape index (κ2) is 10.2. The van der Waals surface area contributed by atoms with E-state index in [1.807, 2.05) is 38.1 Å². The number of para-hydroxylation sites is 1. The van der Waals surface area contributed by atoms with Crippen LogP contribution < -0.4 is 16.4 Å². The smallest absolute Gasteiger partial charge is 0.326 e. The van der Waals surface area contributed by atoms with Crippen molar-refractivity contribution in [3.05, 3.63) is 36.0 Å². The first-order valence-corrected chi connectivity index (χ1v) is 10.3. The maximum absolute atomic E-state index is 12.9. The van der Waals surface area contributed by atoms with Gasteiger partial charge in [0.05, 0.1) is 6.04 Å². The molecule has 0 fully saturated rings. The summed E-state index contributed by atoms with van der Waals surface area (Å²) in [6, 6.07) is 4.83. The minimum Gasteiger partial charge on any atom is -0.480 e. The fraction of sp³-hybridized carbons (Fsp3) is 0.500. The molecule has 0 saturated heterocycles. The first-order valence-electron chi connectivity index (χ1n) is 10.3. The molecule has 8 nitrogen and oxygen atoms in total. The molecule has 2 rings (SSSR count). The molecular weight excluding hydrogens is 384 g/mol. The molecule has 164 valence electrons. The quantitative estimate of drug-likeness (QED) is 0.402. The van der Waals surface area contributed by atoms with E-state index in [9.17, 15) is 19.5 Å². The van der Waals surface area contributed by atoms with Crippen LogP contribution in [0.25, 0.3) is 10.9 Å². The number of carboxylic acids is 1. The van der Waals surface area contributed by atoms with E-state index < -0.39 is 35.9 Å². The molecule has 0 spiro atoms. The number of aromatic nitrogens is 1. The molecule has 0 aliphatic carbocycles. The van der Waals surface area contributed by atoms with Crippen LogP contribution in [0.15, 0.2) is 30.5 Å². The lowest BCUT2D eigenvalue weighted by Gasteiger charge is -2.26. The number of benzene rings is 1. The van der Waals surface area contributed by atoms with Gasteiger partial charge in [-0.15, -0.1) is 0 Å². The Bertz CT molecular complexity index is 892. The average Bonchev–Trinajstić information content (AvgIpc) is 3.12. The molecule has 0 bridgehead atoms. The molecule has 1 aromatic carbocycles. The van der Waals surface area contributed by atoms with Gasteiger partial charge in [0.25, 0.3) is 0 Å². The zero-order chi connectivity index (χ0) is 22.4. The first-order chi connectivity index (χ1) is 14.1. The summed E-state index contributed by atoms with van der Waals surface area (Å²) in [5, 5.41) is 15.8. The van der Waals surface area contributed by atoms with E-state index in [2.05, 4.69) is 15.6 Å². The highest BCUT2D eigenvalue weighted by Crippen LogP contribution is 2.19. The Labute approximate surface area is 176 Å². The third kappa shape index (κ3) is 5.60. The number of hydrogen-bond donors (Lipinski definition) is 5. The predicted octanol–water partition coefficient (Wildman–Crippen LogP) is 1.79.